The van der Waals surface area contributed by atoms with Gasteiger partial charge in [0.15, 0.2) is 0 Å². The maximum atomic E-state index is 11.7. The molecule has 0 aliphatic heterocycles. The summed E-state index contributed by atoms with van der Waals surface area (Å²) in [5, 5.41) is 0. The average Bonchev–Trinajstić information content (AvgIpc) is 3.06. The molecular weight excluding hydrogens is 346 g/mol. The molecule has 0 unspecified atom stereocenters. The molecule has 0 aliphatic carbocycles. The Hall–Kier alpha value is -2.99. The number of nitrogens with one attached hydrogen (secondary N) is 1. The van der Waals surface area contributed by atoms with E-state index in [1.165, 1.54) is 11.0 Å². The van der Waals surface area contributed by atoms with Crippen LogP contribution < -0.4 is 10.3 Å². The number of benzene rings is 2. The largest absolute Gasteiger partial charge is 0.497 e. The molecule has 0 spiro atoms. The predicted molar refractivity (Wildman–Crippen MR) is 105 cm³/mol. The van der Waals surface area contributed by atoms with E-state index in [1.54, 1.807) is 25.1 Å². The minimum Gasteiger partial charge on any atom is -0.497 e. The van der Waals surface area contributed by atoms with Gasteiger partial charge in [-0.1, -0.05) is 12.1 Å². The molecule has 130 valence electrons. The fourth-order valence-corrected chi connectivity index (χ4v) is 3.34. The van der Waals surface area contributed by atoms with Crippen molar-refractivity contribution in [1.82, 2.24) is 14.4 Å². The van der Waals surface area contributed by atoms with Crippen molar-refractivity contribution in [2.75, 3.05) is 13.4 Å². The van der Waals surface area contributed by atoms with E-state index in [0.717, 1.165) is 28.3 Å². The van der Waals surface area contributed by atoms with Crippen LogP contribution in [0.5, 0.6) is 5.75 Å². The second-order valence-electron chi connectivity index (χ2n) is 5.76. The third-order valence-electron chi connectivity index (χ3n) is 4.25. The Morgan fingerprint density at radius 2 is 1.69 bits per heavy atom. The van der Waals surface area contributed by atoms with Crippen LogP contribution in [0, 0.1) is 0 Å². The standard InChI is InChI=1S/C20H17N3O2S/c1-25-15-7-3-14(4-8-15)19-18(13-5-9-16(26-2)10-6-13)22-20-21-17(24)11-12-23(19)20/h3-12H,1-2H3,(H,21,22,24). The summed E-state index contributed by atoms with van der Waals surface area (Å²) in [6.07, 6.45) is 3.80. The summed E-state index contributed by atoms with van der Waals surface area (Å²) < 4.78 is 7.16. The molecule has 2 heterocycles. The summed E-state index contributed by atoms with van der Waals surface area (Å²) in [5.74, 6) is 1.31. The molecule has 26 heavy (non-hydrogen) atoms. The highest BCUT2D eigenvalue weighted by atomic mass is 32.2. The zero-order valence-electron chi connectivity index (χ0n) is 14.4. The van der Waals surface area contributed by atoms with Gasteiger partial charge in [0.1, 0.15) is 5.75 Å². The Morgan fingerprint density at radius 1 is 1.00 bits per heavy atom. The molecule has 0 saturated carbocycles. The molecule has 4 aromatic rings. The fourth-order valence-electron chi connectivity index (χ4n) is 2.93. The predicted octanol–water partition coefficient (Wildman–Crippen LogP) is 4.09. The molecule has 0 atom stereocenters. The summed E-state index contributed by atoms with van der Waals surface area (Å²) in [6.45, 7) is 0. The molecule has 0 radical (unpaired) electrons. The van der Waals surface area contributed by atoms with Crippen LogP contribution >= 0.6 is 11.8 Å². The van der Waals surface area contributed by atoms with Crippen molar-refractivity contribution >= 4 is 17.5 Å². The zero-order chi connectivity index (χ0) is 18.1. The number of imidazole rings is 1. The van der Waals surface area contributed by atoms with Crippen molar-refractivity contribution in [2.24, 2.45) is 0 Å². The summed E-state index contributed by atoms with van der Waals surface area (Å²) in [7, 11) is 1.65. The third kappa shape index (κ3) is 2.88. The number of aromatic nitrogens is 3. The van der Waals surface area contributed by atoms with Gasteiger partial charge in [-0.15, -0.1) is 11.8 Å². The fraction of sp³-hybridized carbons (Fsp3) is 0.100. The van der Waals surface area contributed by atoms with Crippen LogP contribution in [0.25, 0.3) is 28.3 Å². The van der Waals surface area contributed by atoms with Gasteiger partial charge in [-0.3, -0.25) is 14.2 Å². The highest BCUT2D eigenvalue weighted by Gasteiger charge is 2.16. The molecule has 0 bridgehead atoms. The summed E-state index contributed by atoms with van der Waals surface area (Å²) >= 11 is 1.70. The molecular formula is C20H17N3O2S. The summed E-state index contributed by atoms with van der Waals surface area (Å²) in [6, 6.07) is 17.6. The topological polar surface area (TPSA) is 59.4 Å². The number of ether oxygens (including phenoxy) is 1. The van der Waals surface area contributed by atoms with Crippen LogP contribution in [-0.4, -0.2) is 27.7 Å². The molecule has 1 N–H and O–H groups in total. The zero-order valence-corrected chi connectivity index (χ0v) is 15.2. The quantitative estimate of drug-likeness (QED) is 0.555. The van der Waals surface area contributed by atoms with Gasteiger partial charge < -0.3 is 4.74 Å². The number of thioether (sulfide) groups is 1. The van der Waals surface area contributed by atoms with E-state index in [-0.39, 0.29) is 5.56 Å². The van der Waals surface area contributed by atoms with Crippen LogP contribution in [-0.2, 0) is 0 Å². The number of rotatable bonds is 4. The summed E-state index contributed by atoms with van der Waals surface area (Å²) in [4.78, 5) is 20.4. The number of hydrogen-bond acceptors (Lipinski definition) is 4. The number of methoxy groups -OCH3 is 1. The van der Waals surface area contributed by atoms with Gasteiger partial charge in [-0.05, 0) is 42.7 Å². The normalized spacial score (nSPS) is 11.0. The highest BCUT2D eigenvalue weighted by Crippen LogP contribution is 2.33. The van der Waals surface area contributed by atoms with E-state index in [2.05, 4.69) is 34.2 Å². The molecule has 2 aromatic carbocycles. The SMILES string of the molecule is COc1ccc(-c2c(-c3ccc(SC)cc3)nc3[nH]c(=O)ccn23)cc1. The number of fused-ring (bicyclic) bond motifs is 1. The molecule has 5 nitrogen and oxygen atoms in total. The molecule has 4 rings (SSSR count). The van der Waals surface area contributed by atoms with E-state index in [0.29, 0.717) is 5.78 Å². The molecule has 6 heteroatoms. The molecule has 0 fully saturated rings. The minimum absolute atomic E-state index is 0.173. The van der Waals surface area contributed by atoms with Gasteiger partial charge in [0.2, 0.25) is 5.78 Å². The maximum absolute atomic E-state index is 11.7. The first-order valence-electron chi connectivity index (χ1n) is 8.10. The third-order valence-corrected chi connectivity index (χ3v) is 4.99. The average molecular weight is 363 g/mol. The van der Waals surface area contributed by atoms with Crippen LogP contribution in [0.2, 0.25) is 0 Å². The molecule has 0 amide bonds. The van der Waals surface area contributed by atoms with Gasteiger partial charge in [0.25, 0.3) is 5.56 Å². The Morgan fingerprint density at radius 3 is 2.35 bits per heavy atom. The maximum Gasteiger partial charge on any atom is 0.252 e. The van der Waals surface area contributed by atoms with Gasteiger partial charge in [0, 0.05) is 28.3 Å². The van der Waals surface area contributed by atoms with E-state index in [4.69, 9.17) is 4.74 Å². The first-order chi connectivity index (χ1) is 12.7. The van der Waals surface area contributed by atoms with Gasteiger partial charge in [0.05, 0.1) is 18.5 Å². The van der Waals surface area contributed by atoms with E-state index < -0.39 is 0 Å². The Kier molecular flexibility index (Phi) is 4.26. The van der Waals surface area contributed by atoms with Crippen molar-refractivity contribution < 1.29 is 4.74 Å². The van der Waals surface area contributed by atoms with Crippen LogP contribution in [0.3, 0.4) is 0 Å². The van der Waals surface area contributed by atoms with Crippen molar-refractivity contribution in [2.45, 2.75) is 4.90 Å². The Labute approximate surface area is 154 Å². The van der Waals surface area contributed by atoms with E-state index in [9.17, 15) is 4.79 Å². The lowest BCUT2D eigenvalue weighted by atomic mass is 10.0. The molecule has 2 aromatic heterocycles. The van der Waals surface area contributed by atoms with E-state index in [1.807, 2.05) is 34.9 Å². The lowest BCUT2D eigenvalue weighted by Crippen LogP contribution is -2.06. The van der Waals surface area contributed by atoms with Crippen molar-refractivity contribution in [3.8, 4) is 28.3 Å². The van der Waals surface area contributed by atoms with Gasteiger partial charge in [-0.2, -0.15) is 0 Å². The lowest BCUT2D eigenvalue weighted by molar-refractivity contribution is 0.415. The number of H-pyrrole nitrogens is 1. The van der Waals surface area contributed by atoms with Crippen LogP contribution in [0.4, 0.5) is 0 Å². The van der Waals surface area contributed by atoms with Gasteiger partial charge in [-0.25, -0.2) is 4.98 Å². The summed E-state index contributed by atoms with van der Waals surface area (Å²) in [5.41, 5.74) is 3.57. The smallest absolute Gasteiger partial charge is 0.252 e. The first kappa shape index (κ1) is 16.5. The van der Waals surface area contributed by atoms with Crippen molar-refractivity contribution in [1.29, 1.82) is 0 Å². The van der Waals surface area contributed by atoms with E-state index >= 15 is 0 Å². The Bertz CT molecular complexity index is 1110. The highest BCUT2D eigenvalue weighted by molar-refractivity contribution is 7.98. The molecule has 0 aliphatic rings. The first-order valence-corrected chi connectivity index (χ1v) is 9.32. The Balaban J connectivity index is 1.96. The van der Waals surface area contributed by atoms with Crippen molar-refractivity contribution in [3.05, 3.63) is 71.1 Å². The molecule has 0 saturated heterocycles. The number of aromatic amines is 1. The lowest BCUT2D eigenvalue weighted by Gasteiger charge is -2.07. The second-order valence-corrected chi connectivity index (χ2v) is 6.64. The monoisotopic (exact) mass is 363 g/mol. The second kappa shape index (κ2) is 6.72. The van der Waals surface area contributed by atoms with Crippen LogP contribution in [0.15, 0.2) is 70.5 Å². The number of nitrogens with zero attached hydrogens (tertiary/aromatic N) is 2. The van der Waals surface area contributed by atoms with Crippen LogP contribution in [0.1, 0.15) is 0 Å². The van der Waals surface area contributed by atoms with Gasteiger partial charge >= 0.3 is 0 Å². The number of hydrogen-bond donors (Lipinski definition) is 1. The minimum atomic E-state index is -0.173. The van der Waals surface area contributed by atoms with Crippen molar-refractivity contribution in [3.63, 3.8) is 0 Å².